The number of piperazine rings is 1. The number of rotatable bonds is 2. The van der Waals surface area contributed by atoms with Crippen molar-refractivity contribution in [3.8, 4) is 0 Å². The van der Waals surface area contributed by atoms with E-state index in [1.165, 1.54) is 0 Å². The summed E-state index contributed by atoms with van der Waals surface area (Å²) in [5.41, 5.74) is 0.203. The van der Waals surface area contributed by atoms with Crippen LogP contribution in [0.3, 0.4) is 0 Å². The van der Waals surface area contributed by atoms with Gasteiger partial charge in [-0.3, -0.25) is 4.79 Å². The molecular formula is C17H19ClF3N3O. The van der Waals surface area contributed by atoms with Gasteiger partial charge in [0.25, 0.3) is 0 Å². The molecule has 8 heteroatoms. The smallest absolute Gasteiger partial charge is 0.371 e. The second-order valence-corrected chi connectivity index (χ2v) is 7.02. The van der Waals surface area contributed by atoms with E-state index in [4.69, 9.17) is 11.6 Å². The lowest BCUT2D eigenvalue weighted by Crippen LogP contribution is -2.47. The van der Waals surface area contributed by atoms with Gasteiger partial charge in [-0.15, -0.1) is 0 Å². The summed E-state index contributed by atoms with van der Waals surface area (Å²) in [4.78, 5) is 19.7. The fourth-order valence-electron chi connectivity index (χ4n) is 3.32. The number of carbonyl (C=O) groups is 1. The summed E-state index contributed by atoms with van der Waals surface area (Å²) in [5, 5.41) is 0.00366. The Hall–Kier alpha value is -1.76. The van der Waals surface area contributed by atoms with Gasteiger partial charge in [0.15, 0.2) is 5.78 Å². The predicted molar refractivity (Wildman–Crippen MR) is 89.5 cm³/mol. The van der Waals surface area contributed by atoms with Crippen molar-refractivity contribution in [2.75, 3.05) is 31.1 Å². The highest BCUT2D eigenvalue weighted by Crippen LogP contribution is 2.34. The Balaban J connectivity index is 1.68. The van der Waals surface area contributed by atoms with Crippen molar-refractivity contribution in [2.45, 2.75) is 25.9 Å². The Morgan fingerprint density at radius 3 is 2.36 bits per heavy atom. The molecule has 1 aliphatic carbocycles. The van der Waals surface area contributed by atoms with Crippen LogP contribution in [0.5, 0.6) is 0 Å². The number of allylic oxidation sites excluding steroid dienone is 2. The largest absolute Gasteiger partial charge is 0.417 e. The summed E-state index contributed by atoms with van der Waals surface area (Å²) in [6.07, 6.45) is -0.444. The van der Waals surface area contributed by atoms with Crippen molar-refractivity contribution in [1.29, 1.82) is 0 Å². The van der Waals surface area contributed by atoms with Crippen LogP contribution in [0.4, 0.5) is 19.0 Å². The lowest BCUT2D eigenvalue weighted by atomic mass is 9.92. The molecule has 0 spiro atoms. The number of anilines is 1. The number of halogens is 4. The fourth-order valence-corrected chi connectivity index (χ4v) is 3.61. The molecule has 1 saturated heterocycles. The Labute approximate surface area is 149 Å². The van der Waals surface area contributed by atoms with E-state index >= 15 is 0 Å². The first-order valence-electron chi connectivity index (χ1n) is 8.20. The van der Waals surface area contributed by atoms with Crippen LogP contribution in [0.1, 0.15) is 25.3 Å². The van der Waals surface area contributed by atoms with Gasteiger partial charge in [0.05, 0.1) is 10.6 Å². The molecule has 0 N–H and O–H groups in total. The quantitative estimate of drug-likeness (QED) is 0.791. The third kappa shape index (κ3) is 4.08. The van der Waals surface area contributed by atoms with Crippen LogP contribution < -0.4 is 4.90 Å². The Bertz CT molecular complexity index is 697. The van der Waals surface area contributed by atoms with Crippen molar-refractivity contribution in [3.05, 3.63) is 34.6 Å². The maximum absolute atomic E-state index is 12.7. The second kappa shape index (κ2) is 6.86. The van der Waals surface area contributed by atoms with Crippen molar-refractivity contribution in [2.24, 2.45) is 5.92 Å². The molecule has 136 valence electrons. The Morgan fingerprint density at radius 2 is 1.80 bits per heavy atom. The monoisotopic (exact) mass is 373 g/mol. The number of nitrogens with zero attached hydrogens (tertiary/aromatic N) is 3. The maximum atomic E-state index is 12.7. The Kier molecular flexibility index (Phi) is 4.95. The van der Waals surface area contributed by atoms with Gasteiger partial charge < -0.3 is 9.80 Å². The highest BCUT2D eigenvalue weighted by atomic mass is 35.5. The Morgan fingerprint density at radius 1 is 1.16 bits per heavy atom. The molecule has 0 amide bonds. The van der Waals surface area contributed by atoms with Gasteiger partial charge in [0, 0.05) is 50.6 Å². The van der Waals surface area contributed by atoms with Crippen molar-refractivity contribution >= 4 is 23.2 Å². The third-order valence-corrected chi connectivity index (χ3v) is 4.85. The van der Waals surface area contributed by atoms with Gasteiger partial charge in [-0.05, 0) is 18.4 Å². The van der Waals surface area contributed by atoms with E-state index in [9.17, 15) is 18.0 Å². The molecule has 0 aromatic carbocycles. The number of pyridine rings is 1. The van der Waals surface area contributed by atoms with Crippen LogP contribution in [0.15, 0.2) is 24.0 Å². The highest BCUT2D eigenvalue weighted by Gasteiger charge is 2.32. The van der Waals surface area contributed by atoms with Crippen LogP contribution >= 0.6 is 11.6 Å². The predicted octanol–water partition coefficient (Wildman–Crippen LogP) is 3.76. The minimum Gasteiger partial charge on any atom is -0.371 e. The summed E-state index contributed by atoms with van der Waals surface area (Å²) in [7, 11) is 0. The lowest BCUT2D eigenvalue weighted by Gasteiger charge is -2.39. The maximum Gasteiger partial charge on any atom is 0.417 e. The first-order valence-corrected chi connectivity index (χ1v) is 8.58. The average Bonchev–Trinajstić information content (AvgIpc) is 2.53. The van der Waals surface area contributed by atoms with Crippen LogP contribution in [0, 0.1) is 5.92 Å². The number of ketones is 1. The SMILES string of the molecule is C[C@@H]1CC(=O)C=C(N2CCN(c3ncc(C(F)(F)F)cc3Cl)CC2)C1. The molecule has 0 saturated carbocycles. The summed E-state index contributed by atoms with van der Waals surface area (Å²) >= 11 is 6.02. The molecule has 0 unspecified atom stereocenters. The van der Waals surface area contributed by atoms with E-state index in [2.05, 4.69) is 16.8 Å². The first kappa shape index (κ1) is 18.0. The zero-order valence-corrected chi connectivity index (χ0v) is 14.6. The molecular weight excluding hydrogens is 355 g/mol. The molecule has 1 aromatic rings. The summed E-state index contributed by atoms with van der Waals surface area (Å²) < 4.78 is 38.1. The summed E-state index contributed by atoms with van der Waals surface area (Å²) in [6.45, 7) is 4.62. The van der Waals surface area contributed by atoms with E-state index in [-0.39, 0.29) is 10.8 Å². The highest BCUT2D eigenvalue weighted by molar-refractivity contribution is 6.33. The molecule has 2 heterocycles. The van der Waals surface area contributed by atoms with Crippen LogP contribution in [-0.2, 0) is 11.0 Å². The van der Waals surface area contributed by atoms with Gasteiger partial charge in [-0.2, -0.15) is 13.2 Å². The molecule has 1 fully saturated rings. The molecule has 1 aliphatic heterocycles. The van der Waals surface area contributed by atoms with Gasteiger partial charge in [0.1, 0.15) is 5.82 Å². The van der Waals surface area contributed by atoms with E-state index in [0.717, 1.165) is 24.4 Å². The number of hydrogen-bond donors (Lipinski definition) is 0. The van der Waals surface area contributed by atoms with Gasteiger partial charge >= 0.3 is 6.18 Å². The molecule has 2 aliphatic rings. The van der Waals surface area contributed by atoms with E-state index < -0.39 is 11.7 Å². The van der Waals surface area contributed by atoms with E-state index in [1.807, 2.05) is 4.90 Å². The molecule has 1 atom stereocenters. The van der Waals surface area contributed by atoms with E-state index in [0.29, 0.717) is 44.3 Å². The van der Waals surface area contributed by atoms with Crippen LogP contribution in [-0.4, -0.2) is 41.8 Å². The normalized spacial score (nSPS) is 22.2. The third-order valence-electron chi connectivity index (χ3n) is 4.57. The molecule has 3 rings (SSSR count). The molecule has 25 heavy (non-hydrogen) atoms. The van der Waals surface area contributed by atoms with Crippen LogP contribution in [0.25, 0.3) is 0 Å². The fraction of sp³-hybridized carbons (Fsp3) is 0.529. The standard InChI is InChI=1S/C17H19ClF3N3O/c1-11-6-13(9-14(25)7-11)23-2-4-24(5-3-23)16-15(18)8-12(10-22-16)17(19,20)21/h8-11H,2-7H2,1H3/t11-/m0/s1. The second-order valence-electron chi connectivity index (χ2n) is 6.62. The molecule has 0 bridgehead atoms. The number of alkyl halides is 3. The van der Waals surface area contributed by atoms with Gasteiger partial charge in [-0.25, -0.2) is 4.98 Å². The zero-order valence-electron chi connectivity index (χ0n) is 13.8. The zero-order chi connectivity index (χ0) is 18.2. The average molecular weight is 374 g/mol. The minimum absolute atomic E-state index is 0.00366. The van der Waals surface area contributed by atoms with Crippen molar-refractivity contribution < 1.29 is 18.0 Å². The van der Waals surface area contributed by atoms with Gasteiger partial charge in [-0.1, -0.05) is 18.5 Å². The number of aromatic nitrogens is 1. The summed E-state index contributed by atoms with van der Waals surface area (Å²) in [6, 6.07) is 0.917. The molecule has 1 aromatic heterocycles. The number of hydrogen-bond acceptors (Lipinski definition) is 4. The molecule has 0 radical (unpaired) electrons. The van der Waals surface area contributed by atoms with Gasteiger partial charge in [0.2, 0.25) is 0 Å². The summed E-state index contributed by atoms with van der Waals surface area (Å²) in [5.74, 6) is 0.872. The van der Waals surface area contributed by atoms with E-state index in [1.54, 1.807) is 6.08 Å². The minimum atomic E-state index is -4.45. The molecule has 4 nitrogen and oxygen atoms in total. The van der Waals surface area contributed by atoms with Crippen molar-refractivity contribution in [3.63, 3.8) is 0 Å². The topological polar surface area (TPSA) is 36.4 Å². The first-order chi connectivity index (χ1) is 11.7. The number of carbonyl (C=O) groups excluding carboxylic acids is 1. The lowest BCUT2D eigenvalue weighted by molar-refractivity contribution is -0.137. The van der Waals surface area contributed by atoms with Crippen molar-refractivity contribution in [1.82, 2.24) is 9.88 Å². The van der Waals surface area contributed by atoms with Crippen LogP contribution in [0.2, 0.25) is 5.02 Å².